The van der Waals surface area contributed by atoms with Crippen molar-refractivity contribution in [3.63, 3.8) is 0 Å². The first-order valence-electron chi connectivity index (χ1n) is 7.56. The van der Waals surface area contributed by atoms with E-state index in [1.165, 1.54) is 23.8 Å². The van der Waals surface area contributed by atoms with Crippen molar-refractivity contribution in [2.24, 2.45) is 0 Å². The van der Waals surface area contributed by atoms with Gasteiger partial charge in [0, 0.05) is 28.1 Å². The number of nitrogens with one attached hydrogen (secondary N) is 1. The van der Waals surface area contributed by atoms with E-state index in [-0.39, 0.29) is 18.1 Å². The summed E-state index contributed by atoms with van der Waals surface area (Å²) >= 11 is 13.4. The molecule has 0 bridgehead atoms. The van der Waals surface area contributed by atoms with Gasteiger partial charge in [0.15, 0.2) is 6.61 Å². The standard InChI is InChI=1S/C18H17Cl2NO3S/c19-15-8-14(9-16(20)10-15)18(23)24-11-17(22)21-6-7-25-12-13-4-2-1-3-5-13/h1-5,8-10H,6-7,11-12H2,(H,21,22). The first-order valence-corrected chi connectivity index (χ1v) is 9.47. The Bertz CT molecular complexity index is 705. The van der Waals surface area contributed by atoms with E-state index in [1.54, 1.807) is 11.8 Å². The molecule has 7 heteroatoms. The van der Waals surface area contributed by atoms with Crippen molar-refractivity contribution in [3.05, 3.63) is 69.7 Å². The van der Waals surface area contributed by atoms with E-state index in [0.29, 0.717) is 16.6 Å². The number of hydrogen-bond acceptors (Lipinski definition) is 4. The van der Waals surface area contributed by atoms with Gasteiger partial charge in [0.05, 0.1) is 5.56 Å². The zero-order valence-electron chi connectivity index (χ0n) is 13.3. The van der Waals surface area contributed by atoms with E-state index in [2.05, 4.69) is 17.4 Å². The number of ether oxygens (including phenoxy) is 1. The van der Waals surface area contributed by atoms with Crippen molar-refractivity contribution in [3.8, 4) is 0 Å². The van der Waals surface area contributed by atoms with Crippen LogP contribution in [0.3, 0.4) is 0 Å². The molecule has 132 valence electrons. The van der Waals surface area contributed by atoms with Gasteiger partial charge in [-0.05, 0) is 23.8 Å². The molecule has 0 aliphatic carbocycles. The Balaban J connectivity index is 1.62. The number of rotatable bonds is 8. The number of carbonyl (C=O) groups excluding carboxylic acids is 2. The number of esters is 1. The minimum atomic E-state index is -0.641. The van der Waals surface area contributed by atoms with E-state index in [9.17, 15) is 9.59 Å². The number of halogens is 2. The van der Waals surface area contributed by atoms with Crippen LogP contribution in [0.2, 0.25) is 10.0 Å². The number of thioether (sulfide) groups is 1. The Morgan fingerprint density at radius 1 is 1.04 bits per heavy atom. The molecular weight excluding hydrogens is 381 g/mol. The smallest absolute Gasteiger partial charge is 0.338 e. The first-order chi connectivity index (χ1) is 12.0. The van der Waals surface area contributed by atoms with Gasteiger partial charge in [-0.2, -0.15) is 11.8 Å². The van der Waals surface area contributed by atoms with E-state index in [1.807, 2.05) is 18.2 Å². The summed E-state index contributed by atoms with van der Waals surface area (Å²) in [6.45, 7) is 0.170. The summed E-state index contributed by atoms with van der Waals surface area (Å²) < 4.78 is 4.95. The summed E-state index contributed by atoms with van der Waals surface area (Å²) in [5.74, 6) is 0.680. The van der Waals surface area contributed by atoms with Crippen LogP contribution in [0.1, 0.15) is 15.9 Å². The number of amides is 1. The topological polar surface area (TPSA) is 55.4 Å². The molecule has 0 radical (unpaired) electrons. The highest BCUT2D eigenvalue weighted by Crippen LogP contribution is 2.19. The second-order valence-corrected chi connectivity index (χ2v) is 7.10. The van der Waals surface area contributed by atoms with Gasteiger partial charge in [0.25, 0.3) is 5.91 Å². The molecule has 0 atom stereocenters. The van der Waals surface area contributed by atoms with Gasteiger partial charge in [-0.3, -0.25) is 4.79 Å². The van der Waals surface area contributed by atoms with Crippen molar-refractivity contribution in [2.45, 2.75) is 5.75 Å². The van der Waals surface area contributed by atoms with Gasteiger partial charge in [-0.25, -0.2) is 4.79 Å². The fourth-order valence-corrected chi connectivity index (χ4v) is 3.31. The number of benzene rings is 2. The lowest BCUT2D eigenvalue weighted by molar-refractivity contribution is -0.124. The summed E-state index contributed by atoms with van der Waals surface area (Å²) in [4.78, 5) is 23.6. The molecule has 0 saturated heterocycles. The van der Waals surface area contributed by atoms with Crippen LogP contribution in [0.4, 0.5) is 0 Å². The molecular formula is C18H17Cl2NO3S. The first kappa shape index (κ1) is 19.6. The van der Waals surface area contributed by atoms with Crippen LogP contribution in [0.25, 0.3) is 0 Å². The van der Waals surface area contributed by atoms with Crippen molar-refractivity contribution in [2.75, 3.05) is 18.9 Å². The Labute approximate surface area is 160 Å². The third-order valence-corrected chi connectivity index (χ3v) is 4.58. The fourth-order valence-electron chi connectivity index (χ4n) is 1.96. The molecule has 0 aliphatic heterocycles. The van der Waals surface area contributed by atoms with Crippen LogP contribution in [0.15, 0.2) is 48.5 Å². The molecule has 0 unspecified atom stereocenters. The molecule has 0 heterocycles. The molecule has 2 rings (SSSR count). The van der Waals surface area contributed by atoms with Crippen molar-refractivity contribution < 1.29 is 14.3 Å². The lowest BCUT2D eigenvalue weighted by Gasteiger charge is -2.07. The number of hydrogen-bond donors (Lipinski definition) is 1. The Hall–Kier alpha value is -1.69. The summed E-state index contributed by atoms with van der Waals surface area (Å²) in [6.07, 6.45) is 0. The third kappa shape index (κ3) is 7.38. The van der Waals surface area contributed by atoms with Crippen LogP contribution < -0.4 is 5.32 Å². The summed E-state index contributed by atoms with van der Waals surface area (Å²) in [6, 6.07) is 14.5. The molecule has 1 amide bonds. The van der Waals surface area contributed by atoms with Gasteiger partial charge >= 0.3 is 5.97 Å². The Morgan fingerprint density at radius 2 is 1.72 bits per heavy atom. The van der Waals surface area contributed by atoms with Crippen molar-refractivity contribution >= 4 is 46.8 Å². The summed E-state index contributed by atoms with van der Waals surface area (Å²) in [5.41, 5.74) is 1.46. The summed E-state index contributed by atoms with van der Waals surface area (Å²) in [7, 11) is 0. The van der Waals surface area contributed by atoms with Crippen LogP contribution in [0.5, 0.6) is 0 Å². The van der Waals surface area contributed by atoms with E-state index >= 15 is 0 Å². The molecule has 25 heavy (non-hydrogen) atoms. The highest BCUT2D eigenvalue weighted by atomic mass is 35.5. The van der Waals surface area contributed by atoms with Gasteiger partial charge in [-0.1, -0.05) is 53.5 Å². The van der Waals surface area contributed by atoms with E-state index < -0.39 is 5.97 Å². The Kier molecular flexibility index (Phi) is 8.12. The Morgan fingerprint density at radius 3 is 2.40 bits per heavy atom. The minimum Gasteiger partial charge on any atom is -0.452 e. The van der Waals surface area contributed by atoms with Gasteiger partial charge in [0.1, 0.15) is 0 Å². The number of carbonyl (C=O) groups is 2. The molecule has 0 fully saturated rings. The van der Waals surface area contributed by atoms with Crippen LogP contribution >= 0.6 is 35.0 Å². The highest BCUT2D eigenvalue weighted by molar-refractivity contribution is 7.98. The lowest BCUT2D eigenvalue weighted by Crippen LogP contribution is -2.30. The van der Waals surface area contributed by atoms with Crippen molar-refractivity contribution in [1.82, 2.24) is 5.32 Å². The monoisotopic (exact) mass is 397 g/mol. The van der Waals surface area contributed by atoms with Crippen LogP contribution in [-0.4, -0.2) is 30.8 Å². The van der Waals surface area contributed by atoms with E-state index in [4.69, 9.17) is 27.9 Å². The van der Waals surface area contributed by atoms with Crippen molar-refractivity contribution in [1.29, 1.82) is 0 Å². The maximum absolute atomic E-state index is 11.9. The minimum absolute atomic E-state index is 0.212. The average Bonchev–Trinajstić information content (AvgIpc) is 2.59. The molecule has 1 N–H and O–H groups in total. The predicted octanol–water partition coefficient (Wildman–Crippen LogP) is 4.20. The van der Waals surface area contributed by atoms with E-state index in [0.717, 1.165) is 11.5 Å². The van der Waals surface area contributed by atoms with Gasteiger partial charge in [0.2, 0.25) is 0 Å². The lowest BCUT2D eigenvalue weighted by atomic mass is 10.2. The maximum Gasteiger partial charge on any atom is 0.338 e. The predicted molar refractivity (Wildman–Crippen MR) is 102 cm³/mol. The highest BCUT2D eigenvalue weighted by Gasteiger charge is 2.11. The maximum atomic E-state index is 11.9. The normalized spacial score (nSPS) is 10.3. The second-order valence-electron chi connectivity index (χ2n) is 5.12. The van der Waals surface area contributed by atoms with Gasteiger partial charge in [-0.15, -0.1) is 0 Å². The molecule has 2 aromatic rings. The SMILES string of the molecule is O=C(COC(=O)c1cc(Cl)cc(Cl)c1)NCCSCc1ccccc1. The van der Waals surface area contributed by atoms with Gasteiger partial charge < -0.3 is 10.1 Å². The fraction of sp³-hybridized carbons (Fsp3) is 0.222. The quantitative estimate of drug-likeness (QED) is 0.535. The molecule has 2 aromatic carbocycles. The average molecular weight is 398 g/mol. The third-order valence-electron chi connectivity index (χ3n) is 3.11. The molecule has 0 aliphatic rings. The second kappa shape index (κ2) is 10.3. The van der Waals surface area contributed by atoms with Crippen LogP contribution in [-0.2, 0) is 15.3 Å². The zero-order valence-corrected chi connectivity index (χ0v) is 15.7. The summed E-state index contributed by atoms with van der Waals surface area (Å²) in [5, 5.41) is 3.37. The van der Waals surface area contributed by atoms with Crippen LogP contribution in [0, 0.1) is 0 Å². The molecule has 0 saturated carbocycles. The molecule has 4 nitrogen and oxygen atoms in total. The molecule has 0 spiro atoms. The molecule has 0 aromatic heterocycles. The zero-order chi connectivity index (χ0) is 18.1. The largest absolute Gasteiger partial charge is 0.452 e.